The fourth-order valence-electron chi connectivity index (χ4n) is 2.20. The summed E-state index contributed by atoms with van der Waals surface area (Å²) in [5.74, 6) is 2.00. The molecule has 6 nitrogen and oxygen atoms in total. The number of anilines is 2. The number of nitrogens with zero attached hydrogens (tertiary/aromatic N) is 3. The van der Waals surface area contributed by atoms with Gasteiger partial charge in [0, 0.05) is 19.2 Å². The first-order valence-electron chi connectivity index (χ1n) is 6.80. The molecule has 1 aromatic rings. The van der Waals surface area contributed by atoms with Crippen LogP contribution in [0, 0.1) is 0 Å². The number of aromatic nitrogens is 2. The Morgan fingerprint density at radius 2 is 2.32 bits per heavy atom. The third-order valence-corrected chi connectivity index (χ3v) is 3.21. The lowest BCUT2D eigenvalue weighted by Crippen LogP contribution is -2.45. The van der Waals surface area contributed by atoms with Gasteiger partial charge >= 0.3 is 0 Å². The lowest BCUT2D eigenvalue weighted by Gasteiger charge is -2.36. The average Bonchev–Trinajstić information content (AvgIpc) is 2.44. The van der Waals surface area contributed by atoms with Crippen LogP contribution in [-0.4, -0.2) is 42.4 Å². The van der Waals surface area contributed by atoms with Crippen LogP contribution in [0.25, 0.3) is 0 Å². The van der Waals surface area contributed by atoms with Gasteiger partial charge in [-0.1, -0.05) is 6.92 Å². The Morgan fingerprint density at radius 3 is 3.05 bits per heavy atom. The molecule has 0 amide bonds. The van der Waals surface area contributed by atoms with Gasteiger partial charge < -0.3 is 20.1 Å². The van der Waals surface area contributed by atoms with Crippen molar-refractivity contribution in [3.05, 3.63) is 11.9 Å². The maximum atomic E-state index is 5.86. The normalized spacial score (nSPS) is 19.7. The highest BCUT2D eigenvalue weighted by Gasteiger charge is 2.23. The smallest absolute Gasteiger partial charge is 0.158 e. The van der Waals surface area contributed by atoms with Crippen molar-refractivity contribution in [1.82, 2.24) is 9.97 Å². The van der Waals surface area contributed by atoms with Crippen LogP contribution < -0.4 is 10.6 Å². The molecule has 0 radical (unpaired) electrons. The van der Waals surface area contributed by atoms with Gasteiger partial charge in [0.05, 0.1) is 19.3 Å². The van der Waals surface area contributed by atoms with Crippen molar-refractivity contribution in [2.45, 2.75) is 32.9 Å². The fraction of sp³-hybridized carbons (Fsp3) is 0.692. The Morgan fingerprint density at radius 1 is 1.47 bits per heavy atom. The molecule has 6 heteroatoms. The van der Waals surface area contributed by atoms with E-state index in [1.165, 1.54) is 0 Å². The number of ether oxygens (including phenoxy) is 2. The van der Waals surface area contributed by atoms with Gasteiger partial charge in [-0.25, -0.2) is 9.97 Å². The lowest BCUT2D eigenvalue weighted by molar-refractivity contribution is 0.0923. The maximum absolute atomic E-state index is 5.86. The summed E-state index contributed by atoms with van der Waals surface area (Å²) in [5, 5.41) is 0. The second-order valence-corrected chi connectivity index (χ2v) is 4.53. The van der Waals surface area contributed by atoms with Crippen molar-refractivity contribution in [1.29, 1.82) is 0 Å². The number of morpholine rings is 1. The predicted molar refractivity (Wildman–Crippen MR) is 74.0 cm³/mol. The summed E-state index contributed by atoms with van der Waals surface area (Å²) in [5.41, 5.74) is 5.86. The van der Waals surface area contributed by atoms with E-state index >= 15 is 0 Å². The van der Waals surface area contributed by atoms with Crippen LogP contribution in [0.4, 0.5) is 11.6 Å². The molecule has 1 aliphatic heterocycles. The van der Waals surface area contributed by atoms with E-state index in [2.05, 4.69) is 21.8 Å². The molecule has 2 rings (SSSR count). The van der Waals surface area contributed by atoms with Gasteiger partial charge in [-0.2, -0.15) is 0 Å². The zero-order valence-electron chi connectivity index (χ0n) is 11.6. The highest BCUT2D eigenvalue weighted by atomic mass is 16.5. The van der Waals surface area contributed by atoms with Crippen LogP contribution in [-0.2, 0) is 16.1 Å². The van der Waals surface area contributed by atoms with Gasteiger partial charge in [-0.05, 0) is 13.3 Å². The number of hydrogen-bond donors (Lipinski definition) is 1. The van der Waals surface area contributed by atoms with Gasteiger partial charge in [-0.15, -0.1) is 0 Å². The zero-order chi connectivity index (χ0) is 13.7. The van der Waals surface area contributed by atoms with E-state index < -0.39 is 0 Å². The minimum absolute atomic E-state index is 0.350. The van der Waals surface area contributed by atoms with Crippen molar-refractivity contribution in [2.24, 2.45) is 0 Å². The molecule has 1 saturated heterocycles. The summed E-state index contributed by atoms with van der Waals surface area (Å²) in [6.45, 7) is 7.43. The van der Waals surface area contributed by atoms with Crippen LogP contribution >= 0.6 is 0 Å². The average molecular weight is 266 g/mol. The predicted octanol–water partition coefficient (Wildman–Crippen LogP) is 1.21. The second kappa shape index (κ2) is 6.68. The Labute approximate surface area is 113 Å². The van der Waals surface area contributed by atoms with Crippen molar-refractivity contribution < 1.29 is 9.47 Å². The van der Waals surface area contributed by atoms with Gasteiger partial charge in [0.2, 0.25) is 0 Å². The molecule has 0 bridgehead atoms. The first kappa shape index (κ1) is 14.0. The van der Waals surface area contributed by atoms with Gasteiger partial charge in [0.1, 0.15) is 18.2 Å². The largest absolute Gasteiger partial charge is 0.384 e. The molecule has 0 spiro atoms. The van der Waals surface area contributed by atoms with Crippen LogP contribution in [0.15, 0.2) is 6.07 Å². The summed E-state index contributed by atoms with van der Waals surface area (Å²) in [6, 6.07) is 2.17. The van der Waals surface area contributed by atoms with E-state index in [0.717, 1.165) is 32.0 Å². The maximum Gasteiger partial charge on any atom is 0.158 e. The molecule has 0 saturated carbocycles. The Balaban J connectivity index is 2.19. The van der Waals surface area contributed by atoms with E-state index in [-0.39, 0.29) is 0 Å². The summed E-state index contributed by atoms with van der Waals surface area (Å²) in [6.07, 6.45) is 1.02. The molecule has 106 valence electrons. The fourth-order valence-corrected chi connectivity index (χ4v) is 2.20. The van der Waals surface area contributed by atoms with Crippen molar-refractivity contribution in [2.75, 3.05) is 37.0 Å². The van der Waals surface area contributed by atoms with E-state index in [9.17, 15) is 0 Å². The Hall–Kier alpha value is -1.40. The van der Waals surface area contributed by atoms with Crippen LogP contribution in [0.2, 0.25) is 0 Å². The molecule has 0 aromatic carbocycles. The molecule has 1 aliphatic rings. The van der Waals surface area contributed by atoms with Crippen molar-refractivity contribution >= 4 is 11.6 Å². The molecule has 1 aromatic heterocycles. The molecule has 2 N–H and O–H groups in total. The van der Waals surface area contributed by atoms with Gasteiger partial charge in [0.25, 0.3) is 0 Å². The molecule has 19 heavy (non-hydrogen) atoms. The third kappa shape index (κ3) is 3.54. The first-order chi connectivity index (χ1) is 9.24. The number of nitrogen functional groups attached to an aromatic ring is 1. The summed E-state index contributed by atoms with van der Waals surface area (Å²) < 4.78 is 10.9. The molecule has 1 fully saturated rings. The highest BCUT2D eigenvalue weighted by molar-refractivity contribution is 5.48. The van der Waals surface area contributed by atoms with E-state index in [0.29, 0.717) is 30.9 Å². The van der Waals surface area contributed by atoms with Crippen molar-refractivity contribution in [3.8, 4) is 0 Å². The summed E-state index contributed by atoms with van der Waals surface area (Å²) in [4.78, 5) is 11.0. The summed E-state index contributed by atoms with van der Waals surface area (Å²) >= 11 is 0. The molecule has 1 atom stereocenters. The topological polar surface area (TPSA) is 73.5 Å². The Kier molecular flexibility index (Phi) is 4.93. The molecular weight excluding hydrogens is 244 g/mol. The minimum Gasteiger partial charge on any atom is -0.384 e. The third-order valence-electron chi connectivity index (χ3n) is 3.21. The molecular formula is C13H22N4O2. The van der Waals surface area contributed by atoms with E-state index in [1.807, 2.05) is 13.0 Å². The molecule has 1 unspecified atom stereocenters. The van der Waals surface area contributed by atoms with Crippen LogP contribution in [0.3, 0.4) is 0 Å². The minimum atomic E-state index is 0.350. The Bertz CT molecular complexity index is 414. The highest BCUT2D eigenvalue weighted by Crippen LogP contribution is 2.21. The summed E-state index contributed by atoms with van der Waals surface area (Å²) in [7, 11) is 0. The monoisotopic (exact) mass is 266 g/mol. The van der Waals surface area contributed by atoms with Crippen molar-refractivity contribution in [3.63, 3.8) is 0 Å². The standard InChI is InChI=1S/C13H22N4O2/c1-3-10-8-19-6-5-17(10)13-7-11(14)15-12(16-13)9-18-4-2/h7,10H,3-6,8-9H2,1-2H3,(H2,14,15,16). The number of nitrogens with two attached hydrogens (primary N) is 1. The number of hydrogen-bond acceptors (Lipinski definition) is 6. The number of rotatable bonds is 5. The molecule has 2 heterocycles. The lowest BCUT2D eigenvalue weighted by atomic mass is 10.2. The first-order valence-corrected chi connectivity index (χ1v) is 6.80. The van der Waals surface area contributed by atoms with Gasteiger partial charge in [0.15, 0.2) is 5.82 Å². The SMILES string of the molecule is CCOCc1nc(N)cc(N2CCOCC2CC)n1. The quantitative estimate of drug-likeness (QED) is 0.863. The van der Waals surface area contributed by atoms with Crippen LogP contribution in [0.1, 0.15) is 26.1 Å². The van der Waals surface area contributed by atoms with E-state index in [4.69, 9.17) is 15.2 Å². The van der Waals surface area contributed by atoms with Gasteiger partial charge in [-0.3, -0.25) is 0 Å². The van der Waals surface area contributed by atoms with Crippen LogP contribution in [0.5, 0.6) is 0 Å². The second-order valence-electron chi connectivity index (χ2n) is 4.53. The van der Waals surface area contributed by atoms with E-state index in [1.54, 1.807) is 0 Å². The molecule has 0 aliphatic carbocycles. The zero-order valence-corrected chi connectivity index (χ0v) is 11.6.